The number of pyridine rings is 1. The van der Waals surface area contributed by atoms with E-state index in [1.807, 2.05) is 4.90 Å². The molecule has 0 radical (unpaired) electrons. The largest absolute Gasteiger partial charge is 0.339 e. The highest BCUT2D eigenvalue weighted by atomic mass is 32.2. The standard InChI is InChI=1S/C19H24N2OS/c1-13-7-6-9-16-14(2)11-17(20-19(13)16)23-12-18(22)21-10-5-4-8-15(21)3/h6-7,9,11,15H,4-5,8,10,12H2,1-3H3/t15-/m0/s1. The predicted octanol–water partition coefficient (Wildman–Crippen LogP) is 4.34. The van der Waals surface area contributed by atoms with E-state index in [1.54, 1.807) is 11.8 Å². The van der Waals surface area contributed by atoms with Gasteiger partial charge in [0.1, 0.15) is 0 Å². The van der Waals surface area contributed by atoms with E-state index in [9.17, 15) is 4.79 Å². The third kappa shape index (κ3) is 3.52. The van der Waals surface area contributed by atoms with Crippen LogP contribution < -0.4 is 0 Å². The summed E-state index contributed by atoms with van der Waals surface area (Å²) in [5, 5.41) is 2.15. The normalized spacial score (nSPS) is 18.4. The average molecular weight is 328 g/mol. The molecule has 23 heavy (non-hydrogen) atoms. The van der Waals surface area contributed by atoms with Gasteiger partial charge in [-0.25, -0.2) is 4.98 Å². The molecule has 122 valence electrons. The highest BCUT2D eigenvalue weighted by molar-refractivity contribution is 7.99. The molecule has 4 heteroatoms. The van der Waals surface area contributed by atoms with Gasteiger partial charge in [-0.2, -0.15) is 0 Å². The van der Waals surface area contributed by atoms with Gasteiger partial charge in [-0.1, -0.05) is 30.0 Å². The lowest BCUT2D eigenvalue weighted by Gasteiger charge is -2.33. The van der Waals surface area contributed by atoms with Crippen LogP contribution in [0.15, 0.2) is 29.3 Å². The molecule has 1 aromatic heterocycles. The fraction of sp³-hybridized carbons (Fsp3) is 0.474. The minimum absolute atomic E-state index is 0.242. The quantitative estimate of drug-likeness (QED) is 0.786. The van der Waals surface area contributed by atoms with Crippen molar-refractivity contribution in [3.05, 3.63) is 35.4 Å². The Bertz CT molecular complexity index is 729. The van der Waals surface area contributed by atoms with Gasteiger partial charge in [0, 0.05) is 18.0 Å². The maximum absolute atomic E-state index is 12.5. The van der Waals surface area contributed by atoms with Crippen LogP contribution in [0.3, 0.4) is 0 Å². The number of hydrogen-bond acceptors (Lipinski definition) is 3. The molecule has 0 N–H and O–H groups in total. The maximum atomic E-state index is 12.5. The number of likely N-dealkylation sites (tertiary alicyclic amines) is 1. The molecule has 3 nitrogen and oxygen atoms in total. The van der Waals surface area contributed by atoms with Crippen LogP contribution in [0.2, 0.25) is 0 Å². The summed E-state index contributed by atoms with van der Waals surface area (Å²) in [4.78, 5) is 19.3. The van der Waals surface area contributed by atoms with Crippen molar-refractivity contribution in [1.29, 1.82) is 0 Å². The van der Waals surface area contributed by atoms with Gasteiger partial charge < -0.3 is 4.90 Å². The first-order valence-corrected chi connectivity index (χ1v) is 9.34. The molecule has 0 unspecified atom stereocenters. The number of rotatable bonds is 3. The van der Waals surface area contributed by atoms with Crippen LogP contribution in [0.4, 0.5) is 0 Å². The van der Waals surface area contributed by atoms with E-state index < -0.39 is 0 Å². The Morgan fingerprint density at radius 3 is 2.91 bits per heavy atom. The fourth-order valence-corrected chi connectivity index (χ4v) is 4.15. The van der Waals surface area contributed by atoms with Crippen molar-refractivity contribution in [2.45, 2.75) is 51.1 Å². The Labute approximate surface area is 142 Å². The van der Waals surface area contributed by atoms with E-state index >= 15 is 0 Å². The number of piperidine rings is 1. The summed E-state index contributed by atoms with van der Waals surface area (Å²) >= 11 is 1.56. The lowest BCUT2D eigenvalue weighted by molar-refractivity contribution is -0.131. The zero-order chi connectivity index (χ0) is 16.4. The first-order chi connectivity index (χ1) is 11.1. The zero-order valence-corrected chi connectivity index (χ0v) is 14.9. The van der Waals surface area contributed by atoms with E-state index in [-0.39, 0.29) is 5.91 Å². The van der Waals surface area contributed by atoms with Gasteiger partial charge in [-0.15, -0.1) is 0 Å². The Morgan fingerprint density at radius 1 is 1.30 bits per heavy atom. The molecule has 1 aliphatic rings. The fourth-order valence-electron chi connectivity index (χ4n) is 3.29. The van der Waals surface area contributed by atoms with Crippen molar-refractivity contribution in [2.75, 3.05) is 12.3 Å². The van der Waals surface area contributed by atoms with Gasteiger partial charge in [0.05, 0.1) is 16.3 Å². The molecule has 1 aromatic carbocycles. The SMILES string of the molecule is Cc1cc(SCC(=O)N2CCCC[C@@H]2C)nc2c(C)cccc12. The van der Waals surface area contributed by atoms with E-state index in [2.05, 4.69) is 45.0 Å². The van der Waals surface area contributed by atoms with E-state index in [0.717, 1.165) is 29.9 Å². The number of nitrogens with zero attached hydrogens (tertiary/aromatic N) is 2. The number of amides is 1. The third-order valence-corrected chi connectivity index (χ3v) is 5.59. The number of aromatic nitrogens is 1. The molecule has 0 spiro atoms. The number of hydrogen-bond donors (Lipinski definition) is 0. The number of benzene rings is 1. The minimum Gasteiger partial charge on any atom is -0.339 e. The van der Waals surface area contributed by atoms with Crippen LogP contribution >= 0.6 is 11.8 Å². The average Bonchev–Trinajstić information content (AvgIpc) is 2.54. The topological polar surface area (TPSA) is 33.2 Å². The van der Waals surface area contributed by atoms with Crippen molar-refractivity contribution in [2.24, 2.45) is 0 Å². The number of thioether (sulfide) groups is 1. The molecular formula is C19H24N2OS. The van der Waals surface area contributed by atoms with Gasteiger partial charge in [0.25, 0.3) is 0 Å². The molecule has 1 aliphatic heterocycles. The van der Waals surface area contributed by atoms with Crippen molar-refractivity contribution < 1.29 is 4.79 Å². The second kappa shape index (κ2) is 6.91. The molecule has 1 atom stereocenters. The van der Waals surface area contributed by atoms with E-state index in [1.165, 1.54) is 22.9 Å². The second-order valence-electron chi connectivity index (χ2n) is 6.47. The van der Waals surface area contributed by atoms with E-state index in [4.69, 9.17) is 4.98 Å². The smallest absolute Gasteiger partial charge is 0.233 e. The van der Waals surface area contributed by atoms with Crippen LogP contribution in [-0.2, 0) is 4.79 Å². The molecule has 1 saturated heterocycles. The number of aryl methyl sites for hydroxylation is 2. The van der Waals surface area contributed by atoms with Crippen molar-refractivity contribution in [3.63, 3.8) is 0 Å². The summed E-state index contributed by atoms with van der Waals surface area (Å²) in [5.41, 5.74) is 3.46. The number of fused-ring (bicyclic) bond motifs is 1. The van der Waals surface area contributed by atoms with Gasteiger partial charge >= 0.3 is 0 Å². The number of carbonyl (C=O) groups excluding carboxylic acids is 1. The molecule has 2 aromatic rings. The van der Waals surface area contributed by atoms with Crippen LogP contribution in [0.25, 0.3) is 10.9 Å². The lowest BCUT2D eigenvalue weighted by atomic mass is 10.0. The minimum atomic E-state index is 0.242. The summed E-state index contributed by atoms with van der Waals surface area (Å²) in [5.74, 6) is 0.722. The summed E-state index contributed by atoms with van der Waals surface area (Å²) in [7, 11) is 0. The zero-order valence-electron chi connectivity index (χ0n) is 14.1. The van der Waals surface area contributed by atoms with Gasteiger partial charge in [0.15, 0.2) is 0 Å². The highest BCUT2D eigenvalue weighted by Gasteiger charge is 2.23. The first kappa shape index (κ1) is 16.3. The molecule has 1 amide bonds. The molecule has 0 bridgehead atoms. The van der Waals surface area contributed by atoms with Gasteiger partial charge in [-0.05, 0) is 57.2 Å². The molecule has 0 aliphatic carbocycles. The van der Waals surface area contributed by atoms with Crippen molar-refractivity contribution in [1.82, 2.24) is 9.88 Å². The number of carbonyl (C=O) groups is 1. The van der Waals surface area contributed by atoms with Crippen LogP contribution in [0, 0.1) is 13.8 Å². The third-order valence-electron chi connectivity index (χ3n) is 4.69. The maximum Gasteiger partial charge on any atom is 0.233 e. The van der Waals surface area contributed by atoms with Crippen molar-refractivity contribution in [3.8, 4) is 0 Å². The molecule has 0 saturated carbocycles. The van der Waals surface area contributed by atoms with E-state index in [0.29, 0.717) is 11.8 Å². The first-order valence-electron chi connectivity index (χ1n) is 8.35. The molecular weight excluding hydrogens is 304 g/mol. The Morgan fingerprint density at radius 2 is 2.13 bits per heavy atom. The molecule has 2 heterocycles. The van der Waals surface area contributed by atoms with Gasteiger partial charge in [-0.3, -0.25) is 4.79 Å². The molecule has 3 rings (SSSR count). The lowest BCUT2D eigenvalue weighted by Crippen LogP contribution is -2.42. The number of para-hydroxylation sites is 1. The van der Waals surface area contributed by atoms with Crippen LogP contribution in [0.5, 0.6) is 0 Å². The Balaban J connectivity index is 1.74. The summed E-state index contributed by atoms with van der Waals surface area (Å²) in [6.07, 6.45) is 3.50. The molecule has 1 fully saturated rings. The van der Waals surface area contributed by atoms with Gasteiger partial charge in [0.2, 0.25) is 5.91 Å². The van der Waals surface area contributed by atoms with Crippen LogP contribution in [-0.4, -0.2) is 34.1 Å². The summed E-state index contributed by atoms with van der Waals surface area (Å²) in [6.45, 7) is 7.26. The predicted molar refractivity (Wildman–Crippen MR) is 97.0 cm³/mol. The summed E-state index contributed by atoms with van der Waals surface area (Å²) in [6, 6.07) is 8.74. The monoisotopic (exact) mass is 328 g/mol. The summed E-state index contributed by atoms with van der Waals surface area (Å²) < 4.78 is 0. The second-order valence-corrected chi connectivity index (χ2v) is 7.46. The van der Waals surface area contributed by atoms with Crippen molar-refractivity contribution >= 4 is 28.6 Å². The Kier molecular flexibility index (Phi) is 4.90. The Hall–Kier alpha value is -1.55. The highest BCUT2D eigenvalue weighted by Crippen LogP contribution is 2.26. The van der Waals surface area contributed by atoms with Crippen LogP contribution in [0.1, 0.15) is 37.3 Å².